The molecule has 6 rings (SSSR count). The summed E-state index contributed by atoms with van der Waals surface area (Å²) in [6.07, 6.45) is 0. The van der Waals surface area contributed by atoms with Gasteiger partial charge in [-0.2, -0.15) is 0 Å². The van der Waals surface area contributed by atoms with Gasteiger partial charge in [0, 0.05) is 53.2 Å². The predicted molar refractivity (Wildman–Crippen MR) is 190 cm³/mol. The Labute approximate surface area is 268 Å². The summed E-state index contributed by atoms with van der Waals surface area (Å²) in [7, 11) is 4.08. The fourth-order valence-electron chi connectivity index (χ4n) is 6.12. The number of nitrogens with zero attached hydrogens (tertiary/aromatic N) is 1. The number of hydrogen-bond acceptors (Lipinski definition) is 2. The van der Waals surface area contributed by atoms with Gasteiger partial charge in [0.05, 0.1) is 0 Å². The van der Waals surface area contributed by atoms with Gasteiger partial charge in [0.2, 0.25) is 0 Å². The number of rotatable bonds is 3. The van der Waals surface area contributed by atoms with Crippen LogP contribution in [-0.2, 0) is 10.8 Å². The van der Waals surface area contributed by atoms with Gasteiger partial charge >= 0.3 is 0 Å². The average Bonchev–Trinajstić information content (AvgIpc) is 3.31. The first kappa shape index (κ1) is 30.2. The molecule has 2 heteroatoms. The van der Waals surface area contributed by atoms with Crippen LogP contribution in [-0.4, -0.2) is 19.9 Å². The van der Waals surface area contributed by atoms with Crippen LogP contribution < -0.4 is 4.90 Å². The molecule has 0 saturated heterocycles. The Bertz CT molecular complexity index is 1970. The molecule has 0 fully saturated rings. The van der Waals surface area contributed by atoms with Gasteiger partial charge in [0.25, 0.3) is 0 Å². The molecule has 224 valence electrons. The smallest absolute Gasteiger partial charge is 0.194 e. The lowest BCUT2D eigenvalue weighted by molar-refractivity contribution is 0.104. The summed E-state index contributed by atoms with van der Waals surface area (Å²) in [5.74, 6) is 7.09. The maximum Gasteiger partial charge on any atom is 0.194 e. The second-order valence-electron chi connectivity index (χ2n) is 14.3. The summed E-state index contributed by atoms with van der Waals surface area (Å²) < 4.78 is 0. The standard InChI is InChI=1S/C43H41NO/c1-42(2,3)32-21-17-29(18-22-32)37-27-31(16-13-28-14-25-34(26-15-28)44(7)8)38(30-19-23-33(24-20-30)43(4,5)6)39-35-11-9-10-12-36(35)41(45)40(37)39/h9-12,14-15,17-27H,1-8H3. The van der Waals surface area contributed by atoms with E-state index in [2.05, 4.69) is 143 Å². The largest absolute Gasteiger partial charge is 0.378 e. The summed E-state index contributed by atoms with van der Waals surface area (Å²) >= 11 is 0. The van der Waals surface area contributed by atoms with Crippen LogP contribution in [0.2, 0.25) is 0 Å². The summed E-state index contributed by atoms with van der Waals surface area (Å²) in [5.41, 5.74) is 13.1. The molecule has 5 aromatic carbocycles. The average molecular weight is 588 g/mol. The first-order valence-corrected chi connectivity index (χ1v) is 15.7. The van der Waals surface area contributed by atoms with Gasteiger partial charge < -0.3 is 4.90 Å². The highest BCUT2D eigenvalue weighted by Crippen LogP contribution is 2.49. The normalized spacial score (nSPS) is 12.3. The van der Waals surface area contributed by atoms with Crippen molar-refractivity contribution < 1.29 is 4.79 Å². The van der Waals surface area contributed by atoms with Crippen LogP contribution >= 0.6 is 0 Å². The predicted octanol–water partition coefficient (Wildman–Crippen LogP) is 10.3. The molecule has 0 bridgehead atoms. The summed E-state index contributed by atoms with van der Waals surface area (Å²) in [5, 5.41) is 0. The van der Waals surface area contributed by atoms with E-state index in [1.165, 1.54) is 11.1 Å². The fraction of sp³-hybridized carbons (Fsp3) is 0.233. The SMILES string of the molecule is CN(C)c1ccc(C#Cc2cc(-c3ccc(C(C)(C)C)cc3)c3c(c2-c2ccc(C(C)(C)C)cc2)-c2ccccc2C3=O)cc1. The van der Waals surface area contributed by atoms with Crippen molar-refractivity contribution in [3.63, 3.8) is 0 Å². The Kier molecular flexibility index (Phi) is 7.54. The summed E-state index contributed by atoms with van der Waals surface area (Å²) in [4.78, 5) is 16.3. The van der Waals surface area contributed by atoms with Crippen LogP contribution in [0.1, 0.15) is 79.7 Å². The molecule has 1 aliphatic rings. The van der Waals surface area contributed by atoms with Crippen molar-refractivity contribution in [2.45, 2.75) is 52.4 Å². The summed E-state index contributed by atoms with van der Waals surface area (Å²) in [6.45, 7) is 13.3. The van der Waals surface area contributed by atoms with Crippen molar-refractivity contribution in [1.82, 2.24) is 0 Å². The lowest BCUT2D eigenvalue weighted by atomic mass is 9.82. The van der Waals surface area contributed by atoms with Crippen LogP contribution in [0.25, 0.3) is 33.4 Å². The van der Waals surface area contributed by atoms with Crippen molar-refractivity contribution in [2.75, 3.05) is 19.0 Å². The highest BCUT2D eigenvalue weighted by molar-refractivity contribution is 6.27. The Morgan fingerprint density at radius 3 is 1.60 bits per heavy atom. The van der Waals surface area contributed by atoms with Crippen molar-refractivity contribution in [3.8, 4) is 45.2 Å². The zero-order valence-corrected chi connectivity index (χ0v) is 27.7. The molecule has 5 aromatic rings. The van der Waals surface area contributed by atoms with Crippen LogP contribution in [0.5, 0.6) is 0 Å². The molecular formula is C43H41NO. The van der Waals surface area contributed by atoms with Crippen LogP contribution in [0.4, 0.5) is 5.69 Å². The minimum atomic E-state index is 0.0352. The van der Waals surface area contributed by atoms with Crippen LogP contribution in [0.3, 0.4) is 0 Å². The maximum absolute atomic E-state index is 14.2. The maximum atomic E-state index is 14.2. The molecular weight excluding hydrogens is 546 g/mol. The van der Waals surface area contributed by atoms with Gasteiger partial charge in [-0.25, -0.2) is 0 Å². The zero-order chi connectivity index (χ0) is 32.1. The molecule has 0 spiro atoms. The van der Waals surface area contributed by atoms with Crippen molar-refractivity contribution >= 4 is 11.5 Å². The minimum absolute atomic E-state index is 0.0352. The van der Waals surface area contributed by atoms with Crippen LogP contribution in [0, 0.1) is 11.8 Å². The number of carbonyl (C=O) groups excluding carboxylic acids is 1. The molecule has 45 heavy (non-hydrogen) atoms. The van der Waals surface area contributed by atoms with E-state index in [0.29, 0.717) is 0 Å². The molecule has 0 unspecified atom stereocenters. The second kappa shape index (κ2) is 11.2. The van der Waals surface area contributed by atoms with E-state index in [1.54, 1.807) is 0 Å². The van der Waals surface area contributed by atoms with Gasteiger partial charge in [-0.1, -0.05) is 126 Å². The van der Waals surface area contributed by atoms with E-state index in [0.717, 1.165) is 61.3 Å². The van der Waals surface area contributed by atoms with E-state index in [1.807, 2.05) is 32.3 Å². The quantitative estimate of drug-likeness (QED) is 0.192. The highest BCUT2D eigenvalue weighted by atomic mass is 16.1. The minimum Gasteiger partial charge on any atom is -0.378 e. The number of hydrogen-bond donors (Lipinski definition) is 0. The molecule has 0 amide bonds. The number of fused-ring (bicyclic) bond motifs is 3. The lowest BCUT2D eigenvalue weighted by Gasteiger charge is -2.21. The summed E-state index contributed by atoms with van der Waals surface area (Å²) in [6, 6.07) is 36.0. The van der Waals surface area contributed by atoms with E-state index < -0.39 is 0 Å². The van der Waals surface area contributed by atoms with Gasteiger partial charge in [0.1, 0.15) is 0 Å². The van der Waals surface area contributed by atoms with Gasteiger partial charge in [-0.15, -0.1) is 0 Å². The second-order valence-corrected chi connectivity index (χ2v) is 14.3. The van der Waals surface area contributed by atoms with E-state index in [4.69, 9.17) is 0 Å². The van der Waals surface area contributed by atoms with E-state index >= 15 is 0 Å². The molecule has 0 aromatic heterocycles. The third-order valence-corrected chi connectivity index (χ3v) is 8.82. The van der Waals surface area contributed by atoms with Gasteiger partial charge in [-0.05, 0) is 74.5 Å². The van der Waals surface area contributed by atoms with Crippen molar-refractivity contribution in [1.29, 1.82) is 0 Å². The number of ketones is 1. The molecule has 0 aliphatic heterocycles. The molecule has 0 saturated carbocycles. The van der Waals surface area contributed by atoms with Gasteiger partial charge in [0.15, 0.2) is 5.78 Å². The zero-order valence-electron chi connectivity index (χ0n) is 27.7. The lowest BCUT2D eigenvalue weighted by Crippen LogP contribution is -2.10. The molecule has 2 nitrogen and oxygen atoms in total. The number of benzene rings is 5. The Morgan fingerprint density at radius 2 is 1.07 bits per heavy atom. The number of carbonyl (C=O) groups is 1. The highest BCUT2D eigenvalue weighted by Gasteiger charge is 2.33. The Hall–Kier alpha value is -4.87. The number of anilines is 1. The third-order valence-electron chi connectivity index (χ3n) is 8.82. The molecule has 0 heterocycles. The molecule has 0 N–H and O–H groups in total. The molecule has 1 aliphatic carbocycles. The first-order chi connectivity index (χ1) is 21.3. The third kappa shape index (κ3) is 5.72. The fourth-order valence-corrected chi connectivity index (χ4v) is 6.12. The van der Waals surface area contributed by atoms with Crippen molar-refractivity contribution in [2.24, 2.45) is 0 Å². The van der Waals surface area contributed by atoms with Crippen LogP contribution in [0.15, 0.2) is 103 Å². The molecule has 0 atom stereocenters. The van der Waals surface area contributed by atoms with Gasteiger partial charge in [-0.3, -0.25) is 4.79 Å². The van der Waals surface area contributed by atoms with E-state index in [9.17, 15) is 4.79 Å². The van der Waals surface area contributed by atoms with E-state index in [-0.39, 0.29) is 16.6 Å². The topological polar surface area (TPSA) is 20.3 Å². The Morgan fingerprint density at radius 1 is 0.533 bits per heavy atom. The van der Waals surface area contributed by atoms with Crippen molar-refractivity contribution in [3.05, 3.63) is 137 Å². The first-order valence-electron chi connectivity index (χ1n) is 15.7. The Balaban J connectivity index is 1.64. The molecule has 0 radical (unpaired) electrons. The monoisotopic (exact) mass is 587 g/mol.